The van der Waals surface area contributed by atoms with E-state index >= 15 is 0 Å². The molecule has 0 fully saturated rings. The molecule has 1 aromatic carbocycles. The van der Waals surface area contributed by atoms with Gasteiger partial charge in [-0.3, -0.25) is 0 Å². The number of hydrogen-bond donors (Lipinski definition) is 0. The SMILES string of the molecule is CC(C)Cc1noc(CSc2nnc(-c3cccc(Br)c3)o2)n1. The molecule has 3 aromatic rings. The van der Waals surface area contributed by atoms with Crippen LogP contribution in [0.25, 0.3) is 11.5 Å². The van der Waals surface area contributed by atoms with Gasteiger partial charge in [-0.1, -0.05) is 52.8 Å². The highest BCUT2D eigenvalue weighted by Gasteiger charge is 2.13. The Morgan fingerprint density at radius 1 is 1.26 bits per heavy atom. The van der Waals surface area contributed by atoms with Crippen molar-refractivity contribution >= 4 is 27.7 Å². The molecule has 0 bridgehead atoms. The topological polar surface area (TPSA) is 77.8 Å². The summed E-state index contributed by atoms with van der Waals surface area (Å²) >= 11 is 4.80. The minimum Gasteiger partial charge on any atom is -0.411 e. The first-order valence-corrected chi connectivity index (χ1v) is 8.91. The maximum atomic E-state index is 5.65. The van der Waals surface area contributed by atoms with Crippen molar-refractivity contribution in [3.63, 3.8) is 0 Å². The fourth-order valence-electron chi connectivity index (χ4n) is 1.93. The van der Waals surface area contributed by atoms with Gasteiger partial charge in [0.1, 0.15) is 0 Å². The second-order valence-electron chi connectivity index (χ2n) is 5.37. The standard InChI is InChI=1S/C15H15BrN4O2S/c1-9(2)6-12-17-13(22-20-12)8-23-15-19-18-14(21-15)10-4-3-5-11(16)7-10/h3-5,7,9H,6,8H2,1-2H3. The maximum Gasteiger partial charge on any atom is 0.277 e. The summed E-state index contributed by atoms with van der Waals surface area (Å²) in [6, 6.07) is 7.71. The predicted octanol–water partition coefficient (Wildman–Crippen LogP) is 4.37. The van der Waals surface area contributed by atoms with Crippen molar-refractivity contribution < 1.29 is 8.94 Å². The third-order valence-corrected chi connectivity index (χ3v) is 4.19. The lowest BCUT2D eigenvalue weighted by Gasteiger charge is -1.96. The zero-order valence-electron chi connectivity index (χ0n) is 12.7. The monoisotopic (exact) mass is 394 g/mol. The molecular formula is C15H15BrN4O2S. The van der Waals surface area contributed by atoms with Crippen molar-refractivity contribution in [1.29, 1.82) is 0 Å². The van der Waals surface area contributed by atoms with Gasteiger partial charge in [-0.05, 0) is 24.1 Å². The fraction of sp³-hybridized carbons (Fsp3) is 0.333. The summed E-state index contributed by atoms with van der Waals surface area (Å²) in [6.07, 6.45) is 0.807. The van der Waals surface area contributed by atoms with E-state index in [0.29, 0.717) is 28.7 Å². The lowest BCUT2D eigenvalue weighted by molar-refractivity contribution is 0.381. The molecule has 0 amide bonds. The number of rotatable bonds is 6. The van der Waals surface area contributed by atoms with Crippen LogP contribution in [0.2, 0.25) is 0 Å². The van der Waals surface area contributed by atoms with Crippen LogP contribution in [-0.4, -0.2) is 20.3 Å². The normalized spacial score (nSPS) is 11.3. The van der Waals surface area contributed by atoms with E-state index in [9.17, 15) is 0 Å². The molecule has 0 saturated carbocycles. The van der Waals surface area contributed by atoms with Gasteiger partial charge < -0.3 is 8.94 Å². The Kier molecular flexibility index (Phi) is 5.12. The molecule has 6 nitrogen and oxygen atoms in total. The highest BCUT2D eigenvalue weighted by molar-refractivity contribution is 9.10. The third kappa shape index (κ3) is 4.42. The summed E-state index contributed by atoms with van der Waals surface area (Å²) < 4.78 is 11.8. The van der Waals surface area contributed by atoms with Gasteiger partial charge in [-0.25, -0.2) is 0 Å². The molecule has 8 heteroatoms. The van der Waals surface area contributed by atoms with E-state index < -0.39 is 0 Å². The summed E-state index contributed by atoms with van der Waals surface area (Å²) in [5.74, 6) is 2.78. The first kappa shape index (κ1) is 16.2. The minimum atomic E-state index is 0.476. The Morgan fingerprint density at radius 2 is 2.13 bits per heavy atom. The van der Waals surface area contributed by atoms with Crippen LogP contribution in [0.5, 0.6) is 0 Å². The highest BCUT2D eigenvalue weighted by atomic mass is 79.9. The van der Waals surface area contributed by atoms with Crippen LogP contribution in [0.1, 0.15) is 25.6 Å². The number of hydrogen-bond acceptors (Lipinski definition) is 7. The Balaban J connectivity index is 1.62. The third-order valence-electron chi connectivity index (χ3n) is 2.90. The molecule has 2 heterocycles. The largest absolute Gasteiger partial charge is 0.411 e. The minimum absolute atomic E-state index is 0.476. The van der Waals surface area contributed by atoms with Gasteiger partial charge in [0.25, 0.3) is 5.22 Å². The molecule has 0 aliphatic rings. The van der Waals surface area contributed by atoms with Gasteiger partial charge in [0.15, 0.2) is 5.82 Å². The summed E-state index contributed by atoms with van der Waals surface area (Å²) in [6.45, 7) is 4.24. The zero-order valence-corrected chi connectivity index (χ0v) is 15.1. The van der Waals surface area contributed by atoms with Crippen LogP contribution in [0.3, 0.4) is 0 Å². The van der Waals surface area contributed by atoms with Gasteiger partial charge in [0.2, 0.25) is 11.8 Å². The molecule has 2 aromatic heterocycles. The quantitative estimate of drug-likeness (QED) is 0.574. The van der Waals surface area contributed by atoms with Crippen LogP contribution in [0.15, 0.2) is 42.9 Å². The molecule has 0 saturated heterocycles. The number of aromatic nitrogens is 4. The summed E-state index contributed by atoms with van der Waals surface area (Å²) in [4.78, 5) is 4.35. The van der Waals surface area contributed by atoms with E-state index in [1.165, 1.54) is 11.8 Å². The summed E-state index contributed by atoms with van der Waals surface area (Å²) in [5.41, 5.74) is 0.871. The van der Waals surface area contributed by atoms with Crippen molar-refractivity contribution in [2.45, 2.75) is 31.2 Å². The second-order valence-corrected chi connectivity index (χ2v) is 7.22. The van der Waals surface area contributed by atoms with Gasteiger partial charge in [-0.2, -0.15) is 4.98 Å². The second kappa shape index (κ2) is 7.27. The first-order chi connectivity index (χ1) is 11.1. The van der Waals surface area contributed by atoms with Crippen LogP contribution in [0.4, 0.5) is 0 Å². The van der Waals surface area contributed by atoms with E-state index in [1.54, 1.807) is 0 Å². The molecule has 120 valence electrons. The average molecular weight is 395 g/mol. The van der Waals surface area contributed by atoms with Crippen molar-refractivity contribution in [3.8, 4) is 11.5 Å². The number of nitrogens with zero attached hydrogens (tertiary/aromatic N) is 4. The number of benzene rings is 1. The van der Waals surface area contributed by atoms with Gasteiger partial charge >= 0.3 is 0 Å². The van der Waals surface area contributed by atoms with Crippen LogP contribution in [-0.2, 0) is 12.2 Å². The molecular weight excluding hydrogens is 380 g/mol. The first-order valence-electron chi connectivity index (χ1n) is 7.14. The van der Waals surface area contributed by atoms with E-state index in [-0.39, 0.29) is 0 Å². The van der Waals surface area contributed by atoms with Crippen LogP contribution >= 0.6 is 27.7 Å². The Hall–Kier alpha value is -1.67. The molecule has 0 aliphatic carbocycles. The maximum absolute atomic E-state index is 5.65. The van der Waals surface area contributed by atoms with E-state index in [1.807, 2.05) is 24.3 Å². The van der Waals surface area contributed by atoms with Crippen molar-refractivity contribution in [3.05, 3.63) is 40.5 Å². The molecule has 3 rings (SSSR count). The summed E-state index contributed by atoms with van der Waals surface area (Å²) in [5, 5.41) is 12.5. The molecule has 23 heavy (non-hydrogen) atoms. The predicted molar refractivity (Wildman–Crippen MR) is 89.8 cm³/mol. The lowest BCUT2D eigenvalue weighted by atomic mass is 10.1. The molecule has 0 spiro atoms. The molecule has 0 radical (unpaired) electrons. The lowest BCUT2D eigenvalue weighted by Crippen LogP contribution is -1.96. The average Bonchev–Trinajstić information content (AvgIpc) is 3.14. The fourth-order valence-corrected chi connectivity index (χ4v) is 2.93. The van der Waals surface area contributed by atoms with Crippen LogP contribution < -0.4 is 0 Å². The summed E-state index contributed by atoms with van der Waals surface area (Å²) in [7, 11) is 0. The Morgan fingerprint density at radius 3 is 2.91 bits per heavy atom. The smallest absolute Gasteiger partial charge is 0.277 e. The van der Waals surface area contributed by atoms with Crippen LogP contribution in [0, 0.1) is 5.92 Å². The molecule has 0 atom stereocenters. The van der Waals surface area contributed by atoms with E-state index in [0.717, 1.165) is 22.3 Å². The van der Waals surface area contributed by atoms with Crippen molar-refractivity contribution in [2.24, 2.45) is 5.92 Å². The number of halogens is 1. The van der Waals surface area contributed by atoms with Gasteiger partial charge in [0.05, 0.1) is 5.75 Å². The Bertz CT molecular complexity index is 787. The van der Waals surface area contributed by atoms with Crippen molar-refractivity contribution in [2.75, 3.05) is 0 Å². The zero-order chi connectivity index (χ0) is 16.2. The molecule has 0 N–H and O–H groups in total. The van der Waals surface area contributed by atoms with Gasteiger partial charge in [-0.15, -0.1) is 10.2 Å². The van der Waals surface area contributed by atoms with E-state index in [2.05, 4.69) is 50.1 Å². The molecule has 0 aliphatic heterocycles. The Labute approximate surface area is 146 Å². The molecule has 0 unspecified atom stereocenters. The van der Waals surface area contributed by atoms with E-state index in [4.69, 9.17) is 8.94 Å². The van der Waals surface area contributed by atoms with Gasteiger partial charge in [0, 0.05) is 16.5 Å². The van der Waals surface area contributed by atoms with Crippen molar-refractivity contribution in [1.82, 2.24) is 20.3 Å². The number of thioether (sulfide) groups is 1. The highest BCUT2D eigenvalue weighted by Crippen LogP contribution is 2.26.